The Kier molecular flexibility index (Phi) is 7.93. The summed E-state index contributed by atoms with van der Waals surface area (Å²) in [5.41, 5.74) is 0.274. The Morgan fingerprint density at radius 1 is 1.14 bits per heavy atom. The van der Waals surface area contributed by atoms with Crippen molar-refractivity contribution in [1.82, 2.24) is 0 Å². The van der Waals surface area contributed by atoms with E-state index in [4.69, 9.17) is 9.84 Å². The van der Waals surface area contributed by atoms with Crippen molar-refractivity contribution >= 4 is 43.5 Å². The van der Waals surface area contributed by atoms with E-state index in [1.54, 1.807) is 13.0 Å². The molecule has 1 unspecified atom stereocenters. The van der Waals surface area contributed by atoms with E-state index in [1.807, 2.05) is 0 Å². The van der Waals surface area contributed by atoms with Crippen molar-refractivity contribution in [3.63, 3.8) is 0 Å². The van der Waals surface area contributed by atoms with E-state index in [9.17, 15) is 22.4 Å². The zero-order valence-electron chi connectivity index (χ0n) is 15.1. The van der Waals surface area contributed by atoms with Crippen LogP contribution in [0.1, 0.15) is 23.6 Å². The van der Waals surface area contributed by atoms with Crippen molar-refractivity contribution < 1.29 is 32.2 Å². The van der Waals surface area contributed by atoms with Crippen LogP contribution in [0.15, 0.2) is 39.3 Å². The molecule has 0 aromatic heterocycles. The second kappa shape index (κ2) is 9.80. The van der Waals surface area contributed by atoms with Crippen molar-refractivity contribution in [3.8, 4) is 5.75 Å². The molecule has 4 nitrogen and oxygen atoms in total. The molecule has 0 bridgehead atoms. The Labute approximate surface area is 181 Å². The van der Waals surface area contributed by atoms with E-state index < -0.39 is 23.9 Å². The molecule has 29 heavy (non-hydrogen) atoms. The lowest BCUT2D eigenvalue weighted by Gasteiger charge is -2.15. The number of anilines is 1. The molecule has 0 fully saturated rings. The number of rotatable bonds is 8. The normalized spacial score (nSPS) is 12.5. The standard InChI is InChI=1S/C19H17Br2F4NO3/c1-2-26-13-4-11(3-12(8-13)19(23,24)25)9-29-17-14(20)5-10(6-15(17)21)7-16(22)18(27)28/h3-6,8,16,26H,2,7,9H2,1H3,(H,27,28). The molecular weight excluding hydrogens is 526 g/mol. The highest BCUT2D eigenvalue weighted by molar-refractivity contribution is 9.11. The maximum atomic E-state index is 13.4. The molecule has 2 aromatic carbocycles. The molecule has 2 N–H and O–H groups in total. The molecule has 158 valence electrons. The summed E-state index contributed by atoms with van der Waals surface area (Å²) in [6, 6.07) is 6.62. The molecule has 0 spiro atoms. The minimum atomic E-state index is -4.49. The summed E-state index contributed by atoms with van der Waals surface area (Å²) >= 11 is 6.53. The van der Waals surface area contributed by atoms with Crippen molar-refractivity contribution in [2.75, 3.05) is 11.9 Å². The molecule has 0 saturated heterocycles. The number of carboxylic acids is 1. The number of carboxylic acid groups (broad SMARTS) is 1. The van der Waals surface area contributed by atoms with E-state index in [-0.39, 0.29) is 13.0 Å². The zero-order chi connectivity index (χ0) is 21.8. The van der Waals surface area contributed by atoms with Gasteiger partial charge in [0.15, 0.2) is 0 Å². The lowest BCUT2D eigenvalue weighted by molar-refractivity contribution is -0.142. The average Bonchev–Trinajstić information content (AvgIpc) is 2.60. The molecular formula is C19H17Br2F4NO3. The van der Waals surface area contributed by atoms with Crippen LogP contribution in [0.2, 0.25) is 0 Å². The molecule has 0 amide bonds. The van der Waals surface area contributed by atoms with Crippen LogP contribution < -0.4 is 10.1 Å². The summed E-state index contributed by atoms with van der Waals surface area (Å²) in [6.45, 7) is 2.10. The van der Waals surface area contributed by atoms with Crippen LogP contribution in [0.5, 0.6) is 5.75 Å². The molecule has 10 heteroatoms. The smallest absolute Gasteiger partial charge is 0.416 e. The van der Waals surface area contributed by atoms with Gasteiger partial charge in [0.05, 0.1) is 14.5 Å². The number of hydrogen-bond acceptors (Lipinski definition) is 3. The van der Waals surface area contributed by atoms with Gasteiger partial charge in [0, 0.05) is 18.7 Å². The molecule has 1 atom stereocenters. The minimum Gasteiger partial charge on any atom is -0.487 e. The van der Waals surface area contributed by atoms with Gasteiger partial charge in [-0.05, 0) is 80.2 Å². The fraction of sp³-hybridized carbons (Fsp3) is 0.316. The van der Waals surface area contributed by atoms with E-state index in [0.29, 0.717) is 38.1 Å². The number of halogens is 6. The van der Waals surface area contributed by atoms with E-state index in [1.165, 1.54) is 12.1 Å². The Hall–Kier alpha value is -1.81. The van der Waals surface area contributed by atoms with E-state index >= 15 is 0 Å². The highest BCUT2D eigenvalue weighted by atomic mass is 79.9. The number of ether oxygens (including phenoxy) is 1. The van der Waals surface area contributed by atoms with Gasteiger partial charge in [0.1, 0.15) is 12.4 Å². The first kappa shape index (κ1) is 23.5. The molecule has 0 radical (unpaired) electrons. The van der Waals surface area contributed by atoms with Gasteiger partial charge in [-0.25, -0.2) is 9.18 Å². The van der Waals surface area contributed by atoms with Crippen LogP contribution in [0.4, 0.5) is 23.2 Å². The van der Waals surface area contributed by atoms with Gasteiger partial charge in [-0.3, -0.25) is 0 Å². The Bertz CT molecular complexity index is 867. The van der Waals surface area contributed by atoms with Crippen LogP contribution in [-0.2, 0) is 24.0 Å². The molecule has 0 aliphatic heterocycles. The fourth-order valence-electron chi connectivity index (χ4n) is 2.56. The van der Waals surface area contributed by atoms with Gasteiger partial charge in [0.2, 0.25) is 6.17 Å². The van der Waals surface area contributed by atoms with E-state index in [0.717, 1.165) is 12.1 Å². The molecule has 2 aromatic rings. The predicted molar refractivity (Wildman–Crippen MR) is 108 cm³/mol. The number of carbonyl (C=O) groups is 1. The Morgan fingerprint density at radius 3 is 2.28 bits per heavy atom. The predicted octanol–water partition coefficient (Wildman–Crippen LogP) is 6.21. The summed E-state index contributed by atoms with van der Waals surface area (Å²) in [6.07, 6.45) is -6.86. The van der Waals surface area contributed by atoms with Crippen LogP contribution in [0, 0.1) is 0 Å². The van der Waals surface area contributed by atoms with Gasteiger partial charge in [0.25, 0.3) is 0 Å². The van der Waals surface area contributed by atoms with Crippen LogP contribution >= 0.6 is 31.9 Å². The number of hydrogen-bond donors (Lipinski definition) is 2. The molecule has 0 saturated carbocycles. The summed E-state index contributed by atoms with van der Waals surface area (Å²) < 4.78 is 59.3. The van der Waals surface area contributed by atoms with Gasteiger partial charge in [-0.1, -0.05) is 0 Å². The molecule has 0 aliphatic carbocycles. The van der Waals surface area contributed by atoms with Crippen LogP contribution in [-0.4, -0.2) is 23.8 Å². The summed E-state index contributed by atoms with van der Waals surface area (Å²) in [5, 5.41) is 11.5. The quantitative estimate of drug-likeness (QED) is 0.390. The highest BCUT2D eigenvalue weighted by Crippen LogP contribution is 2.37. The van der Waals surface area contributed by atoms with Crippen molar-refractivity contribution in [1.29, 1.82) is 0 Å². The molecule has 0 heterocycles. The van der Waals surface area contributed by atoms with Gasteiger partial charge >= 0.3 is 12.1 Å². The zero-order valence-corrected chi connectivity index (χ0v) is 18.3. The first-order chi connectivity index (χ1) is 13.5. The third kappa shape index (κ3) is 6.60. The number of nitrogens with one attached hydrogen (secondary N) is 1. The first-order valence-corrected chi connectivity index (χ1v) is 10.0. The number of benzene rings is 2. The average molecular weight is 543 g/mol. The second-order valence-corrected chi connectivity index (χ2v) is 7.84. The fourth-order valence-corrected chi connectivity index (χ4v) is 4.07. The lowest BCUT2D eigenvalue weighted by atomic mass is 10.1. The SMILES string of the molecule is CCNc1cc(COc2c(Br)cc(CC(F)C(=O)O)cc2Br)cc(C(F)(F)F)c1. The second-order valence-electron chi connectivity index (χ2n) is 6.13. The molecule has 0 aliphatic rings. The van der Waals surface area contributed by atoms with Gasteiger partial charge in [-0.2, -0.15) is 13.2 Å². The summed E-state index contributed by atoms with van der Waals surface area (Å²) in [4.78, 5) is 10.7. The van der Waals surface area contributed by atoms with Crippen molar-refractivity contribution in [2.24, 2.45) is 0 Å². The minimum absolute atomic E-state index is 0.139. The van der Waals surface area contributed by atoms with E-state index in [2.05, 4.69) is 37.2 Å². The third-order valence-corrected chi connectivity index (χ3v) is 5.00. The molecule has 2 rings (SSSR count). The van der Waals surface area contributed by atoms with Gasteiger partial charge in [-0.15, -0.1) is 0 Å². The maximum Gasteiger partial charge on any atom is 0.416 e. The third-order valence-electron chi connectivity index (χ3n) is 3.83. The summed E-state index contributed by atoms with van der Waals surface area (Å²) in [5.74, 6) is -1.25. The topological polar surface area (TPSA) is 58.6 Å². The first-order valence-electron chi connectivity index (χ1n) is 8.44. The summed E-state index contributed by atoms with van der Waals surface area (Å²) in [7, 11) is 0. The lowest BCUT2D eigenvalue weighted by Crippen LogP contribution is -2.17. The Balaban J connectivity index is 2.23. The number of alkyl halides is 4. The largest absolute Gasteiger partial charge is 0.487 e. The Morgan fingerprint density at radius 2 is 1.76 bits per heavy atom. The highest BCUT2D eigenvalue weighted by Gasteiger charge is 2.31. The van der Waals surface area contributed by atoms with Crippen molar-refractivity contribution in [2.45, 2.75) is 32.3 Å². The van der Waals surface area contributed by atoms with Crippen LogP contribution in [0.3, 0.4) is 0 Å². The van der Waals surface area contributed by atoms with Gasteiger partial charge < -0.3 is 15.2 Å². The van der Waals surface area contributed by atoms with Crippen molar-refractivity contribution in [3.05, 3.63) is 56.0 Å². The maximum absolute atomic E-state index is 13.4. The monoisotopic (exact) mass is 541 g/mol. The van der Waals surface area contributed by atoms with Crippen LogP contribution in [0.25, 0.3) is 0 Å². The number of aliphatic carboxylic acids is 1.